The fourth-order valence-electron chi connectivity index (χ4n) is 3.34. The van der Waals surface area contributed by atoms with Gasteiger partial charge in [0.15, 0.2) is 23.0 Å². The Balaban J connectivity index is 2.41. The van der Waals surface area contributed by atoms with Crippen LogP contribution in [0.1, 0.15) is 5.56 Å². The van der Waals surface area contributed by atoms with E-state index in [0.29, 0.717) is 5.69 Å². The van der Waals surface area contributed by atoms with Gasteiger partial charge in [-0.15, -0.1) is 0 Å². The average molecular weight is 385 g/mol. The number of fused-ring (bicyclic) bond motifs is 3. The van der Waals surface area contributed by atoms with Crippen LogP contribution in [0.4, 0.5) is 0 Å². The first-order chi connectivity index (χ1) is 13.2. The van der Waals surface area contributed by atoms with Gasteiger partial charge in [0, 0.05) is 5.69 Å². The highest BCUT2D eigenvalue weighted by Crippen LogP contribution is 2.58. The molecule has 0 radical (unpaired) electrons. The quantitative estimate of drug-likeness (QED) is 0.183. The van der Waals surface area contributed by atoms with Crippen LogP contribution >= 0.6 is 0 Å². The van der Waals surface area contributed by atoms with E-state index in [1.54, 1.807) is 24.3 Å². The lowest BCUT2D eigenvalue weighted by atomic mass is 10.1. The SMILES string of the molecule is Cc1ccc(-n2c3c(O)c(O)c(O)c(O)c3c3c(O)c(O)c(O)c(O)c32)cc1. The van der Waals surface area contributed by atoms with Crippen molar-refractivity contribution in [2.24, 2.45) is 0 Å². The number of nitrogens with zero attached hydrogens (tertiary/aromatic N) is 1. The topological polar surface area (TPSA) is 167 Å². The molecular formula is C19H15NO8. The molecule has 0 aliphatic heterocycles. The lowest BCUT2D eigenvalue weighted by Gasteiger charge is -2.12. The summed E-state index contributed by atoms with van der Waals surface area (Å²) in [7, 11) is 0. The first kappa shape index (κ1) is 17.3. The Morgan fingerprint density at radius 1 is 0.500 bits per heavy atom. The molecule has 9 nitrogen and oxygen atoms in total. The van der Waals surface area contributed by atoms with Crippen molar-refractivity contribution in [1.29, 1.82) is 0 Å². The molecule has 0 atom stereocenters. The Labute approximate surface area is 156 Å². The summed E-state index contributed by atoms with van der Waals surface area (Å²) in [5.41, 5.74) is 0.666. The number of phenolic OH excluding ortho intramolecular Hbond substituents is 8. The van der Waals surface area contributed by atoms with E-state index in [1.807, 2.05) is 6.92 Å². The predicted octanol–water partition coefficient (Wildman–Crippen LogP) is 2.74. The zero-order chi connectivity index (χ0) is 20.5. The normalized spacial score (nSPS) is 11.5. The molecular weight excluding hydrogens is 370 g/mol. The molecule has 4 aromatic rings. The summed E-state index contributed by atoms with van der Waals surface area (Å²) in [6.07, 6.45) is 0. The molecule has 9 heteroatoms. The maximum absolute atomic E-state index is 10.5. The van der Waals surface area contributed by atoms with E-state index in [0.717, 1.165) is 10.1 Å². The van der Waals surface area contributed by atoms with E-state index in [9.17, 15) is 40.9 Å². The molecule has 0 amide bonds. The van der Waals surface area contributed by atoms with Crippen molar-refractivity contribution < 1.29 is 40.9 Å². The van der Waals surface area contributed by atoms with Crippen LogP contribution in [0.15, 0.2) is 24.3 Å². The van der Waals surface area contributed by atoms with Crippen LogP contribution in [-0.4, -0.2) is 45.4 Å². The third-order valence-corrected chi connectivity index (χ3v) is 4.73. The van der Waals surface area contributed by atoms with Gasteiger partial charge in [0.1, 0.15) is 11.0 Å². The van der Waals surface area contributed by atoms with E-state index in [2.05, 4.69) is 0 Å². The molecule has 1 aromatic heterocycles. The third-order valence-electron chi connectivity index (χ3n) is 4.73. The van der Waals surface area contributed by atoms with Gasteiger partial charge in [-0.05, 0) is 19.1 Å². The summed E-state index contributed by atoms with van der Waals surface area (Å²) >= 11 is 0. The van der Waals surface area contributed by atoms with Crippen LogP contribution in [0.3, 0.4) is 0 Å². The molecule has 0 saturated carbocycles. The number of hydrogen-bond donors (Lipinski definition) is 8. The highest BCUT2D eigenvalue weighted by atomic mass is 16.4. The highest BCUT2D eigenvalue weighted by molar-refractivity contribution is 6.20. The van der Waals surface area contributed by atoms with Gasteiger partial charge in [0.25, 0.3) is 0 Å². The molecule has 0 aliphatic carbocycles. The monoisotopic (exact) mass is 385 g/mol. The smallest absolute Gasteiger partial charge is 0.206 e. The minimum atomic E-state index is -1.06. The van der Waals surface area contributed by atoms with E-state index in [4.69, 9.17) is 0 Å². The van der Waals surface area contributed by atoms with Crippen LogP contribution in [0.25, 0.3) is 27.5 Å². The molecule has 8 N–H and O–H groups in total. The second kappa shape index (κ2) is 5.43. The first-order valence-corrected chi connectivity index (χ1v) is 8.03. The Morgan fingerprint density at radius 3 is 1.25 bits per heavy atom. The molecule has 4 rings (SSSR count). The summed E-state index contributed by atoms with van der Waals surface area (Å²) in [5.74, 6) is -7.65. The number of aromatic nitrogens is 1. The lowest BCUT2D eigenvalue weighted by molar-refractivity contribution is 0.350. The first-order valence-electron chi connectivity index (χ1n) is 8.03. The standard InChI is InChI=1S/C19H15NO8/c1-6-2-4-7(5-3-6)20-10-8(12(21)16(25)18(27)14(10)23)9-11(20)15(24)19(28)17(26)13(9)22/h2-5,21-28H,1H3. The number of aryl methyl sites for hydroxylation is 1. The second-order valence-corrected chi connectivity index (χ2v) is 6.41. The van der Waals surface area contributed by atoms with Crippen molar-refractivity contribution in [2.45, 2.75) is 6.92 Å². The number of benzene rings is 3. The zero-order valence-electron chi connectivity index (χ0n) is 14.3. The lowest BCUT2D eigenvalue weighted by Crippen LogP contribution is -1.95. The van der Waals surface area contributed by atoms with Gasteiger partial charge in [-0.1, -0.05) is 17.7 Å². The molecule has 0 aliphatic rings. The van der Waals surface area contributed by atoms with Crippen molar-refractivity contribution >= 4 is 21.8 Å². The van der Waals surface area contributed by atoms with Crippen molar-refractivity contribution in [3.05, 3.63) is 29.8 Å². The van der Waals surface area contributed by atoms with Crippen LogP contribution in [0, 0.1) is 6.92 Å². The zero-order valence-corrected chi connectivity index (χ0v) is 14.3. The Bertz CT molecular complexity index is 1210. The average Bonchev–Trinajstić information content (AvgIpc) is 3.04. The van der Waals surface area contributed by atoms with Gasteiger partial charge >= 0.3 is 0 Å². The largest absolute Gasteiger partial charge is 0.504 e. The summed E-state index contributed by atoms with van der Waals surface area (Å²) in [5, 5.41) is 80.7. The molecule has 1 heterocycles. The molecule has 144 valence electrons. The fraction of sp³-hybridized carbons (Fsp3) is 0.0526. The third kappa shape index (κ3) is 1.95. The number of aromatic hydroxyl groups is 8. The van der Waals surface area contributed by atoms with E-state index < -0.39 is 46.0 Å². The van der Waals surface area contributed by atoms with Gasteiger partial charge < -0.3 is 45.4 Å². The van der Waals surface area contributed by atoms with Crippen LogP contribution in [0.2, 0.25) is 0 Å². The van der Waals surface area contributed by atoms with Gasteiger partial charge in [0.2, 0.25) is 23.0 Å². The number of rotatable bonds is 1. The van der Waals surface area contributed by atoms with Gasteiger partial charge in [-0.3, -0.25) is 0 Å². The summed E-state index contributed by atoms with van der Waals surface area (Å²) in [4.78, 5) is 0. The molecule has 0 fully saturated rings. The summed E-state index contributed by atoms with van der Waals surface area (Å²) in [6, 6.07) is 6.60. The van der Waals surface area contributed by atoms with Crippen LogP contribution < -0.4 is 0 Å². The number of phenols is 8. The number of hydrogen-bond acceptors (Lipinski definition) is 8. The molecule has 0 spiro atoms. The fourth-order valence-corrected chi connectivity index (χ4v) is 3.34. The van der Waals surface area contributed by atoms with Crippen molar-refractivity contribution in [2.75, 3.05) is 0 Å². The Kier molecular flexibility index (Phi) is 3.35. The van der Waals surface area contributed by atoms with E-state index in [-0.39, 0.29) is 21.8 Å². The van der Waals surface area contributed by atoms with E-state index in [1.165, 1.54) is 0 Å². The maximum atomic E-state index is 10.5. The highest BCUT2D eigenvalue weighted by Gasteiger charge is 2.31. The summed E-state index contributed by atoms with van der Waals surface area (Å²) in [6.45, 7) is 1.83. The Morgan fingerprint density at radius 2 is 0.857 bits per heavy atom. The van der Waals surface area contributed by atoms with Crippen LogP contribution in [0.5, 0.6) is 46.0 Å². The minimum absolute atomic E-state index is 0.276. The molecule has 28 heavy (non-hydrogen) atoms. The van der Waals surface area contributed by atoms with Gasteiger partial charge in [-0.25, -0.2) is 0 Å². The summed E-state index contributed by atoms with van der Waals surface area (Å²) < 4.78 is 1.16. The molecule has 0 saturated heterocycles. The Hall–Kier alpha value is -4.14. The van der Waals surface area contributed by atoms with Crippen LogP contribution in [-0.2, 0) is 0 Å². The van der Waals surface area contributed by atoms with Crippen molar-refractivity contribution in [1.82, 2.24) is 4.57 Å². The maximum Gasteiger partial charge on any atom is 0.206 e. The van der Waals surface area contributed by atoms with Crippen molar-refractivity contribution in [3.63, 3.8) is 0 Å². The second-order valence-electron chi connectivity index (χ2n) is 6.41. The molecule has 3 aromatic carbocycles. The van der Waals surface area contributed by atoms with Crippen molar-refractivity contribution in [3.8, 4) is 51.7 Å². The molecule has 0 unspecified atom stereocenters. The van der Waals surface area contributed by atoms with E-state index >= 15 is 0 Å². The van der Waals surface area contributed by atoms with Gasteiger partial charge in [0.05, 0.1) is 10.8 Å². The van der Waals surface area contributed by atoms with Gasteiger partial charge in [-0.2, -0.15) is 0 Å². The minimum Gasteiger partial charge on any atom is -0.504 e. The predicted molar refractivity (Wildman–Crippen MR) is 98.8 cm³/mol. The molecule has 0 bridgehead atoms.